The Bertz CT molecular complexity index is 785. The number of aromatic nitrogens is 3. The van der Waals surface area contributed by atoms with E-state index in [1.165, 1.54) is 25.0 Å². The Kier molecular flexibility index (Phi) is 3.88. The van der Waals surface area contributed by atoms with E-state index < -0.39 is 0 Å². The molecule has 0 atom stereocenters. The molecule has 1 fully saturated rings. The van der Waals surface area contributed by atoms with E-state index in [1.54, 1.807) is 23.5 Å². The van der Waals surface area contributed by atoms with Crippen molar-refractivity contribution in [2.75, 3.05) is 0 Å². The molecule has 4 rings (SSSR count). The minimum Gasteiger partial charge on any atom is -0.419 e. The van der Waals surface area contributed by atoms with Gasteiger partial charge in [0.1, 0.15) is 10.8 Å². The van der Waals surface area contributed by atoms with Crippen LogP contribution in [0.5, 0.6) is 0 Å². The van der Waals surface area contributed by atoms with Gasteiger partial charge in [-0.2, -0.15) is 0 Å². The summed E-state index contributed by atoms with van der Waals surface area (Å²) >= 11 is 1.65. The predicted octanol–water partition coefficient (Wildman–Crippen LogP) is 3.50. The maximum absolute atomic E-state index is 13.3. The Labute approximate surface area is 136 Å². The molecule has 2 aromatic heterocycles. The monoisotopic (exact) mass is 330 g/mol. The third-order valence-electron chi connectivity index (χ3n) is 3.76. The van der Waals surface area contributed by atoms with Gasteiger partial charge in [-0.1, -0.05) is 6.07 Å². The van der Waals surface area contributed by atoms with Crippen LogP contribution < -0.4 is 0 Å². The second-order valence-corrected chi connectivity index (χ2v) is 6.55. The van der Waals surface area contributed by atoms with Crippen LogP contribution >= 0.6 is 11.3 Å². The minimum atomic E-state index is -0.314. The predicted molar refractivity (Wildman–Crippen MR) is 84.1 cm³/mol. The van der Waals surface area contributed by atoms with E-state index in [9.17, 15) is 4.39 Å². The van der Waals surface area contributed by atoms with Crippen LogP contribution in [0.25, 0.3) is 11.5 Å². The minimum absolute atomic E-state index is 0.314. The quantitative estimate of drug-likeness (QED) is 0.692. The zero-order valence-corrected chi connectivity index (χ0v) is 13.2. The van der Waals surface area contributed by atoms with Crippen molar-refractivity contribution in [3.05, 3.63) is 52.6 Å². The summed E-state index contributed by atoms with van der Waals surface area (Å²) in [5.74, 6) is 0.586. The Hall–Kier alpha value is -2.12. The summed E-state index contributed by atoms with van der Waals surface area (Å²) in [6.45, 7) is 1.38. The first kappa shape index (κ1) is 14.5. The molecule has 2 heterocycles. The fourth-order valence-corrected chi connectivity index (χ4v) is 3.13. The maximum Gasteiger partial charge on any atom is 0.247 e. The average Bonchev–Trinajstić information content (AvgIpc) is 3.07. The van der Waals surface area contributed by atoms with E-state index in [0.717, 1.165) is 11.6 Å². The van der Waals surface area contributed by atoms with Gasteiger partial charge in [0.25, 0.3) is 0 Å². The van der Waals surface area contributed by atoms with Crippen LogP contribution in [-0.4, -0.2) is 26.1 Å². The lowest BCUT2D eigenvalue weighted by Gasteiger charge is -2.18. The molecule has 3 aromatic rings. The SMILES string of the molecule is Fc1cccc(-c2nnc(CN(Cc3nccs3)C3CC3)o2)c1. The summed E-state index contributed by atoms with van der Waals surface area (Å²) in [7, 11) is 0. The van der Waals surface area contributed by atoms with Gasteiger partial charge in [0.15, 0.2) is 0 Å². The third-order valence-corrected chi connectivity index (χ3v) is 4.53. The van der Waals surface area contributed by atoms with Gasteiger partial charge in [-0.25, -0.2) is 9.37 Å². The number of thiazole rings is 1. The molecule has 0 aliphatic heterocycles. The lowest BCUT2D eigenvalue weighted by molar-refractivity contribution is 0.221. The third kappa shape index (κ3) is 3.46. The summed E-state index contributed by atoms with van der Waals surface area (Å²) in [5, 5.41) is 11.2. The molecule has 5 nitrogen and oxygen atoms in total. The summed E-state index contributed by atoms with van der Waals surface area (Å²) in [6, 6.07) is 6.74. The smallest absolute Gasteiger partial charge is 0.247 e. The number of nitrogens with zero attached hydrogens (tertiary/aromatic N) is 4. The highest BCUT2D eigenvalue weighted by molar-refractivity contribution is 7.09. The average molecular weight is 330 g/mol. The summed E-state index contributed by atoms with van der Waals surface area (Å²) in [5.41, 5.74) is 0.599. The molecule has 0 amide bonds. The molecule has 1 aromatic carbocycles. The highest BCUT2D eigenvalue weighted by Gasteiger charge is 2.30. The zero-order chi connectivity index (χ0) is 15.6. The van der Waals surface area contributed by atoms with Gasteiger partial charge >= 0.3 is 0 Å². The van der Waals surface area contributed by atoms with Crippen molar-refractivity contribution in [1.82, 2.24) is 20.1 Å². The second-order valence-electron chi connectivity index (χ2n) is 5.57. The molecule has 23 heavy (non-hydrogen) atoms. The van der Waals surface area contributed by atoms with E-state index in [-0.39, 0.29) is 5.82 Å². The van der Waals surface area contributed by atoms with Gasteiger partial charge in [0.2, 0.25) is 11.8 Å². The highest BCUT2D eigenvalue weighted by atomic mass is 32.1. The zero-order valence-electron chi connectivity index (χ0n) is 12.4. The van der Waals surface area contributed by atoms with Crippen molar-refractivity contribution in [3.63, 3.8) is 0 Å². The number of benzene rings is 1. The lowest BCUT2D eigenvalue weighted by Crippen LogP contribution is -2.25. The van der Waals surface area contributed by atoms with Gasteiger partial charge in [-0.15, -0.1) is 21.5 Å². The molecular formula is C16H15FN4OS. The molecular weight excluding hydrogens is 315 g/mol. The fraction of sp³-hybridized carbons (Fsp3) is 0.312. The van der Waals surface area contributed by atoms with Crippen LogP contribution in [0.3, 0.4) is 0 Å². The molecule has 1 saturated carbocycles. The first-order valence-electron chi connectivity index (χ1n) is 7.49. The molecule has 1 aliphatic carbocycles. The molecule has 0 radical (unpaired) electrons. The van der Waals surface area contributed by atoms with Gasteiger partial charge in [-0.3, -0.25) is 4.90 Å². The molecule has 7 heteroatoms. The summed E-state index contributed by atoms with van der Waals surface area (Å²) in [4.78, 5) is 6.65. The molecule has 0 unspecified atom stereocenters. The van der Waals surface area contributed by atoms with Gasteiger partial charge in [0, 0.05) is 23.2 Å². The van der Waals surface area contributed by atoms with Crippen LogP contribution in [0, 0.1) is 5.82 Å². The van der Waals surface area contributed by atoms with E-state index in [1.807, 2.05) is 11.6 Å². The topological polar surface area (TPSA) is 55.1 Å². The van der Waals surface area contributed by atoms with Gasteiger partial charge in [0.05, 0.1) is 13.1 Å². The number of hydrogen-bond donors (Lipinski definition) is 0. The van der Waals surface area contributed by atoms with E-state index in [4.69, 9.17) is 4.42 Å². The van der Waals surface area contributed by atoms with Crippen molar-refractivity contribution >= 4 is 11.3 Å². The van der Waals surface area contributed by atoms with Gasteiger partial charge in [-0.05, 0) is 31.0 Å². The Morgan fingerprint density at radius 2 is 2.17 bits per heavy atom. The van der Waals surface area contributed by atoms with Crippen LogP contribution in [0.2, 0.25) is 0 Å². The number of rotatable bonds is 6. The molecule has 0 saturated heterocycles. The maximum atomic E-state index is 13.3. The van der Waals surface area contributed by atoms with Crippen molar-refractivity contribution in [2.45, 2.75) is 32.0 Å². The Morgan fingerprint density at radius 3 is 2.91 bits per heavy atom. The molecule has 0 spiro atoms. The van der Waals surface area contributed by atoms with Crippen LogP contribution in [-0.2, 0) is 13.1 Å². The van der Waals surface area contributed by atoms with E-state index in [0.29, 0.717) is 29.9 Å². The first-order chi connectivity index (χ1) is 11.3. The molecule has 0 bridgehead atoms. The second kappa shape index (κ2) is 6.17. The van der Waals surface area contributed by atoms with Crippen LogP contribution in [0.1, 0.15) is 23.7 Å². The van der Waals surface area contributed by atoms with Gasteiger partial charge < -0.3 is 4.42 Å². The number of hydrogen-bond acceptors (Lipinski definition) is 6. The first-order valence-corrected chi connectivity index (χ1v) is 8.36. The highest BCUT2D eigenvalue weighted by Crippen LogP contribution is 2.30. The Balaban J connectivity index is 1.49. The van der Waals surface area contributed by atoms with Crippen molar-refractivity contribution in [2.24, 2.45) is 0 Å². The largest absolute Gasteiger partial charge is 0.419 e. The molecule has 1 aliphatic rings. The van der Waals surface area contributed by atoms with E-state index >= 15 is 0 Å². The summed E-state index contributed by atoms with van der Waals surface area (Å²) in [6.07, 6.45) is 4.20. The molecule has 0 N–H and O–H groups in total. The van der Waals surface area contributed by atoms with Crippen molar-refractivity contribution in [1.29, 1.82) is 0 Å². The fourth-order valence-electron chi connectivity index (χ4n) is 2.49. The Morgan fingerprint density at radius 1 is 1.26 bits per heavy atom. The van der Waals surface area contributed by atoms with Crippen molar-refractivity contribution in [3.8, 4) is 11.5 Å². The standard InChI is InChI=1S/C16H15FN4OS/c17-12-3-1-2-11(8-12)16-20-19-14(22-16)9-21(13-4-5-13)10-15-18-6-7-23-15/h1-3,6-8,13H,4-5,9-10H2. The summed E-state index contributed by atoms with van der Waals surface area (Å²) < 4.78 is 19.0. The lowest BCUT2D eigenvalue weighted by atomic mass is 10.2. The van der Waals surface area contributed by atoms with Crippen LogP contribution in [0.4, 0.5) is 4.39 Å². The number of halogens is 1. The van der Waals surface area contributed by atoms with Crippen LogP contribution in [0.15, 0.2) is 40.3 Å². The van der Waals surface area contributed by atoms with E-state index in [2.05, 4.69) is 20.1 Å². The van der Waals surface area contributed by atoms with Crippen molar-refractivity contribution < 1.29 is 8.81 Å². The molecule has 118 valence electrons. The normalized spacial score (nSPS) is 14.5.